The van der Waals surface area contributed by atoms with Gasteiger partial charge in [0.15, 0.2) is 0 Å². The summed E-state index contributed by atoms with van der Waals surface area (Å²) in [6.45, 7) is 0.843. The molecule has 0 amide bonds. The van der Waals surface area contributed by atoms with Crippen molar-refractivity contribution in [2.75, 3.05) is 6.54 Å². The van der Waals surface area contributed by atoms with E-state index in [0.717, 1.165) is 18.5 Å². The van der Waals surface area contributed by atoms with Crippen LogP contribution in [0.25, 0.3) is 0 Å². The molecule has 1 aliphatic rings. The summed E-state index contributed by atoms with van der Waals surface area (Å²) in [4.78, 5) is 0. The van der Waals surface area contributed by atoms with E-state index < -0.39 is 0 Å². The Kier molecular flexibility index (Phi) is 2.08. The lowest BCUT2D eigenvalue weighted by Gasteiger charge is -2.16. The standard InChI is InChI=1S/C9H12N2O/c12-11-9(6-7-10-11)8-4-2-1-3-5-8/h1-5,9-10,12H,6-7H2. The first-order valence-corrected chi connectivity index (χ1v) is 4.14. The molecule has 1 fully saturated rings. The van der Waals surface area contributed by atoms with Crippen molar-refractivity contribution in [2.24, 2.45) is 0 Å². The van der Waals surface area contributed by atoms with Gasteiger partial charge in [0.2, 0.25) is 0 Å². The summed E-state index contributed by atoms with van der Waals surface area (Å²) in [5, 5.41) is 10.6. The van der Waals surface area contributed by atoms with Crippen LogP contribution < -0.4 is 5.43 Å². The van der Waals surface area contributed by atoms with Crippen molar-refractivity contribution < 1.29 is 5.21 Å². The van der Waals surface area contributed by atoms with E-state index in [-0.39, 0.29) is 6.04 Å². The van der Waals surface area contributed by atoms with Gasteiger partial charge in [0.25, 0.3) is 0 Å². The first-order valence-electron chi connectivity index (χ1n) is 4.14. The summed E-state index contributed by atoms with van der Waals surface area (Å²) in [7, 11) is 0. The molecule has 3 heteroatoms. The fraction of sp³-hybridized carbons (Fsp3) is 0.333. The highest BCUT2D eigenvalue weighted by atomic mass is 16.5. The highest BCUT2D eigenvalue weighted by molar-refractivity contribution is 5.19. The van der Waals surface area contributed by atoms with Gasteiger partial charge in [-0.2, -0.15) is 0 Å². The molecule has 0 aliphatic carbocycles. The smallest absolute Gasteiger partial charge is 0.0772 e. The normalized spacial score (nSPS) is 24.6. The summed E-state index contributed by atoms with van der Waals surface area (Å²) in [5.74, 6) is 0. The van der Waals surface area contributed by atoms with Crippen LogP contribution in [0.1, 0.15) is 18.0 Å². The maximum atomic E-state index is 9.36. The molecule has 2 rings (SSSR count). The minimum Gasteiger partial charge on any atom is -0.298 e. The second-order valence-corrected chi connectivity index (χ2v) is 2.97. The number of hydroxylamine groups is 1. The summed E-state index contributed by atoms with van der Waals surface area (Å²) in [6, 6.07) is 10.1. The Bertz CT molecular complexity index is 250. The fourth-order valence-corrected chi connectivity index (χ4v) is 1.53. The van der Waals surface area contributed by atoms with Gasteiger partial charge in [0.1, 0.15) is 0 Å². The highest BCUT2D eigenvalue weighted by Crippen LogP contribution is 2.24. The molecule has 1 aliphatic heterocycles. The molecule has 1 aromatic carbocycles. The molecule has 1 unspecified atom stereocenters. The van der Waals surface area contributed by atoms with Crippen molar-refractivity contribution in [2.45, 2.75) is 12.5 Å². The molecule has 0 radical (unpaired) electrons. The molecule has 1 atom stereocenters. The molecule has 64 valence electrons. The van der Waals surface area contributed by atoms with Gasteiger partial charge >= 0.3 is 0 Å². The van der Waals surface area contributed by atoms with E-state index in [0.29, 0.717) is 0 Å². The molecule has 1 aromatic rings. The van der Waals surface area contributed by atoms with E-state index in [4.69, 9.17) is 0 Å². The fourth-order valence-electron chi connectivity index (χ4n) is 1.53. The van der Waals surface area contributed by atoms with Crippen LogP contribution in [0.15, 0.2) is 30.3 Å². The minimum atomic E-state index is 0.117. The first-order chi connectivity index (χ1) is 5.88. The lowest BCUT2D eigenvalue weighted by Crippen LogP contribution is -2.28. The second kappa shape index (κ2) is 3.23. The molecule has 12 heavy (non-hydrogen) atoms. The van der Waals surface area contributed by atoms with Crippen LogP contribution >= 0.6 is 0 Å². The van der Waals surface area contributed by atoms with Gasteiger partial charge in [0.05, 0.1) is 6.04 Å². The Labute approximate surface area is 71.5 Å². The Balaban J connectivity index is 2.19. The second-order valence-electron chi connectivity index (χ2n) is 2.97. The van der Waals surface area contributed by atoms with Crippen LogP contribution in [0.4, 0.5) is 0 Å². The maximum absolute atomic E-state index is 9.36. The lowest BCUT2D eigenvalue weighted by molar-refractivity contribution is -0.144. The van der Waals surface area contributed by atoms with Crippen molar-refractivity contribution in [3.63, 3.8) is 0 Å². The summed E-state index contributed by atoms with van der Waals surface area (Å²) >= 11 is 0. The highest BCUT2D eigenvalue weighted by Gasteiger charge is 2.23. The van der Waals surface area contributed by atoms with Gasteiger partial charge in [-0.15, -0.1) is 5.17 Å². The largest absolute Gasteiger partial charge is 0.298 e. The van der Waals surface area contributed by atoms with Crippen LogP contribution in [-0.4, -0.2) is 16.9 Å². The molecule has 0 aromatic heterocycles. The molecule has 1 heterocycles. The third-order valence-electron chi connectivity index (χ3n) is 2.17. The molecular weight excluding hydrogens is 152 g/mol. The van der Waals surface area contributed by atoms with Gasteiger partial charge < -0.3 is 0 Å². The van der Waals surface area contributed by atoms with E-state index in [9.17, 15) is 5.21 Å². The molecule has 3 nitrogen and oxygen atoms in total. The van der Waals surface area contributed by atoms with Crippen molar-refractivity contribution >= 4 is 0 Å². The Hall–Kier alpha value is -0.900. The van der Waals surface area contributed by atoms with Crippen LogP contribution in [0.5, 0.6) is 0 Å². The predicted octanol–water partition coefficient (Wildman–Crippen LogP) is 1.33. The van der Waals surface area contributed by atoms with E-state index in [1.54, 1.807) is 0 Å². The zero-order valence-corrected chi connectivity index (χ0v) is 6.77. The Morgan fingerprint density at radius 2 is 2.08 bits per heavy atom. The minimum absolute atomic E-state index is 0.117. The van der Waals surface area contributed by atoms with E-state index >= 15 is 0 Å². The molecule has 0 bridgehead atoms. The number of nitrogens with zero attached hydrogens (tertiary/aromatic N) is 1. The van der Waals surface area contributed by atoms with Crippen molar-refractivity contribution in [3.05, 3.63) is 35.9 Å². The van der Waals surface area contributed by atoms with Crippen LogP contribution in [-0.2, 0) is 0 Å². The molecule has 0 spiro atoms. The summed E-state index contributed by atoms with van der Waals surface area (Å²) in [5.41, 5.74) is 4.01. The van der Waals surface area contributed by atoms with Crippen molar-refractivity contribution in [3.8, 4) is 0 Å². The van der Waals surface area contributed by atoms with Crippen LogP contribution in [0.3, 0.4) is 0 Å². The van der Waals surface area contributed by atoms with E-state index in [1.807, 2.05) is 30.3 Å². The van der Waals surface area contributed by atoms with Crippen LogP contribution in [0, 0.1) is 0 Å². The van der Waals surface area contributed by atoms with Crippen molar-refractivity contribution in [1.82, 2.24) is 10.6 Å². The first kappa shape index (κ1) is 7.73. The van der Waals surface area contributed by atoms with Gasteiger partial charge in [-0.05, 0) is 12.0 Å². The number of hydrogen-bond donors (Lipinski definition) is 2. The number of nitrogens with one attached hydrogen (secondary N) is 1. The van der Waals surface area contributed by atoms with E-state index in [1.165, 1.54) is 5.17 Å². The molecule has 0 saturated carbocycles. The predicted molar refractivity (Wildman–Crippen MR) is 45.4 cm³/mol. The zero-order valence-electron chi connectivity index (χ0n) is 6.77. The van der Waals surface area contributed by atoms with Crippen LogP contribution in [0.2, 0.25) is 0 Å². The zero-order chi connectivity index (χ0) is 8.39. The average Bonchev–Trinajstić information content (AvgIpc) is 2.53. The summed E-state index contributed by atoms with van der Waals surface area (Å²) < 4.78 is 0. The molecular formula is C9H12N2O. The monoisotopic (exact) mass is 164 g/mol. The number of hydrazine groups is 1. The maximum Gasteiger partial charge on any atom is 0.0772 e. The van der Waals surface area contributed by atoms with E-state index in [2.05, 4.69) is 5.43 Å². The Morgan fingerprint density at radius 1 is 1.33 bits per heavy atom. The quantitative estimate of drug-likeness (QED) is 0.657. The van der Waals surface area contributed by atoms with Gasteiger partial charge in [0, 0.05) is 6.54 Å². The number of benzene rings is 1. The topological polar surface area (TPSA) is 35.5 Å². The SMILES string of the molecule is ON1NCCC1c1ccccc1. The third-order valence-corrected chi connectivity index (χ3v) is 2.17. The van der Waals surface area contributed by atoms with Gasteiger partial charge in [-0.3, -0.25) is 5.21 Å². The lowest BCUT2D eigenvalue weighted by atomic mass is 10.1. The number of rotatable bonds is 1. The van der Waals surface area contributed by atoms with Crippen molar-refractivity contribution in [1.29, 1.82) is 0 Å². The van der Waals surface area contributed by atoms with Gasteiger partial charge in [-0.1, -0.05) is 30.3 Å². The third kappa shape index (κ3) is 1.34. The molecule has 2 N–H and O–H groups in total. The Morgan fingerprint density at radius 3 is 2.67 bits per heavy atom. The average molecular weight is 164 g/mol. The summed E-state index contributed by atoms with van der Waals surface area (Å²) in [6.07, 6.45) is 0.959. The van der Waals surface area contributed by atoms with Gasteiger partial charge in [-0.25, -0.2) is 5.43 Å². The number of hydrogen-bond acceptors (Lipinski definition) is 3. The molecule has 1 saturated heterocycles.